The molecule has 0 saturated carbocycles. The summed E-state index contributed by atoms with van der Waals surface area (Å²) < 4.78 is 55.8. The molecule has 2 N–H and O–H groups in total. The van der Waals surface area contributed by atoms with Crippen molar-refractivity contribution in [2.75, 3.05) is 32.2 Å². The van der Waals surface area contributed by atoms with E-state index in [0.717, 1.165) is 13.4 Å². The third-order valence-electron chi connectivity index (χ3n) is 8.31. The van der Waals surface area contributed by atoms with Crippen LogP contribution in [0.3, 0.4) is 0 Å². The van der Waals surface area contributed by atoms with Crippen LogP contribution in [0.1, 0.15) is 71.6 Å². The second-order valence-electron chi connectivity index (χ2n) is 12.1. The Morgan fingerprint density at radius 1 is 1.04 bits per heavy atom. The summed E-state index contributed by atoms with van der Waals surface area (Å²) >= 11 is 0. The Kier molecular flexibility index (Phi) is 15.0. The fourth-order valence-corrected chi connectivity index (χ4v) is 6.78. The van der Waals surface area contributed by atoms with Crippen molar-refractivity contribution in [3.63, 3.8) is 0 Å². The number of hydrogen-bond donors (Lipinski definition) is 2. The number of carbonyl (C=O) groups is 4. The lowest BCUT2D eigenvalue weighted by atomic mass is 9.92. The number of methoxy groups -OCH3 is 1. The van der Waals surface area contributed by atoms with Gasteiger partial charge in [0, 0.05) is 39.2 Å². The van der Waals surface area contributed by atoms with Crippen molar-refractivity contribution in [3.8, 4) is 11.8 Å². The smallest absolute Gasteiger partial charge is 0.459 e. The highest BCUT2D eigenvalue weighted by Gasteiger charge is 2.52. The van der Waals surface area contributed by atoms with E-state index in [4.69, 9.17) is 32.7 Å². The second kappa shape index (κ2) is 19.4. The van der Waals surface area contributed by atoms with E-state index in [1.54, 1.807) is 25.1 Å². The van der Waals surface area contributed by atoms with Crippen LogP contribution in [-0.4, -0.2) is 89.2 Å². The van der Waals surface area contributed by atoms with Crippen LogP contribution in [0.25, 0.3) is 5.52 Å². The number of esters is 3. The van der Waals surface area contributed by atoms with E-state index in [9.17, 15) is 29.0 Å². The van der Waals surface area contributed by atoms with Crippen LogP contribution in [0.4, 0.5) is 5.82 Å². The molecule has 1 aromatic carbocycles. The molecule has 1 amide bonds. The van der Waals surface area contributed by atoms with Gasteiger partial charge in [-0.3, -0.25) is 23.7 Å². The molecule has 292 valence electrons. The standard InChI is InChI=1S/C35H45N6O12P/c1-6-28(42)39-33-27-15-14-26(41(27)38-22-37-33)31(51-29(43)7-2)32(52-30(44)8-3)35(20-36,47-5)21-49-54(46,53-25-12-10-9-11-13-25)40-23(4)34(45)50-24-16-18-48-19-17-24/h9-15,22-24,31-32H,6-8,16-19,21H2,1-5H3,(H,40,46)(H,37,38,39,42)/t23-,31-,32-,35+,54?/m0/s1. The molecule has 2 aromatic heterocycles. The minimum atomic E-state index is -4.62. The number of ether oxygens (including phenoxy) is 5. The van der Waals surface area contributed by atoms with Gasteiger partial charge in [-0.25, -0.2) is 14.1 Å². The maximum Gasteiger partial charge on any atom is 0.459 e. The quantitative estimate of drug-likeness (QED) is 0.0988. The van der Waals surface area contributed by atoms with Crippen molar-refractivity contribution in [1.82, 2.24) is 19.7 Å². The highest BCUT2D eigenvalue weighted by molar-refractivity contribution is 7.52. The monoisotopic (exact) mass is 772 g/mol. The Morgan fingerprint density at radius 2 is 1.72 bits per heavy atom. The largest absolute Gasteiger partial charge is 0.461 e. The van der Waals surface area contributed by atoms with Crippen molar-refractivity contribution in [1.29, 1.82) is 5.26 Å². The van der Waals surface area contributed by atoms with Crippen molar-refractivity contribution >= 4 is 42.9 Å². The van der Waals surface area contributed by atoms with Crippen LogP contribution in [0.2, 0.25) is 0 Å². The second-order valence-corrected chi connectivity index (χ2v) is 13.8. The summed E-state index contributed by atoms with van der Waals surface area (Å²) in [6.07, 6.45) is -1.77. The highest BCUT2D eigenvalue weighted by atomic mass is 31.2. The van der Waals surface area contributed by atoms with Crippen LogP contribution < -0.4 is 14.9 Å². The van der Waals surface area contributed by atoms with Crippen LogP contribution in [0.15, 0.2) is 48.8 Å². The Hall–Kier alpha value is -4.92. The minimum absolute atomic E-state index is 0.0901. The number of aromatic nitrogens is 3. The Labute approximate surface area is 312 Å². The fraction of sp³-hybridized carbons (Fsp3) is 0.514. The molecule has 0 spiro atoms. The first-order valence-corrected chi connectivity index (χ1v) is 19.0. The van der Waals surface area contributed by atoms with Crippen molar-refractivity contribution in [2.45, 2.75) is 89.8 Å². The summed E-state index contributed by atoms with van der Waals surface area (Å²) in [6, 6.07) is 11.7. The molecule has 19 heteroatoms. The number of nitriles is 1. The Morgan fingerprint density at radius 3 is 2.35 bits per heavy atom. The van der Waals surface area contributed by atoms with Gasteiger partial charge in [0.25, 0.3) is 0 Å². The van der Waals surface area contributed by atoms with Gasteiger partial charge in [-0.1, -0.05) is 39.0 Å². The summed E-state index contributed by atoms with van der Waals surface area (Å²) in [4.78, 5) is 55.5. The Bertz CT molecular complexity index is 1850. The molecule has 0 bridgehead atoms. The van der Waals surface area contributed by atoms with Crippen LogP contribution >= 0.6 is 7.75 Å². The lowest BCUT2D eigenvalue weighted by Crippen LogP contribution is -2.53. The molecule has 3 aromatic rings. The maximum atomic E-state index is 14.5. The minimum Gasteiger partial charge on any atom is -0.461 e. The number of hydrogen-bond acceptors (Lipinski definition) is 15. The number of fused-ring (bicyclic) bond motifs is 1. The molecule has 3 heterocycles. The van der Waals surface area contributed by atoms with Gasteiger partial charge in [0.05, 0.1) is 18.9 Å². The zero-order valence-corrected chi connectivity index (χ0v) is 31.6. The van der Waals surface area contributed by atoms with Gasteiger partial charge in [0.15, 0.2) is 18.0 Å². The van der Waals surface area contributed by atoms with Gasteiger partial charge < -0.3 is 33.5 Å². The van der Waals surface area contributed by atoms with E-state index in [-0.39, 0.29) is 47.9 Å². The topological polar surface area (TPSA) is 228 Å². The number of carbonyl (C=O) groups excluding carboxylic acids is 4. The van der Waals surface area contributed by atoms with Gasteiger partial charge in [0.2, 0.25) is 11.5 Å². The van der Waals surface area contributed by atoms with Crippen LogP contribution in [-0.2, 0) is 52.0 Å². The number of nitrogens with one attached hydrogen (secondary N) is 2. The van der Waals surface area contributed by atoms with Crippen LogP contribution in [0, 0.1) is 11.3 Å². The third-order valence-corrected chi connectivity index (χ3v) is 9.93. The fourth-order valence-electron chi connectivity index (χ4n) is 5.25. The molecular weight excluding hydrogens is 727 g/mol. The number of rotatable bonds is 19. The molecule has 5 atom stereocenters. The number of anilines is 1. The predicted molar refractivity (Wildman–Crippen MR) is 190 cm³/mol. The van der Waals surface area contributed by atoms with E-state index in [1.807, 2.05) is 6.07 Å². The first kappa shape index (κ1) is 41.8. The summed E-state index contributed by atoms with van der Waals surface area (Å²) in [5, 5.41) is 20.3. The van der Waals surface area contributed by atoms with E-state index in [2.05, 4.69) is 20.5 Å². The van der Waals surface area contributed by atoms with Gasteiger partial charge in [-0.15, -0.1) is 0 Å². The van der Waals surface area contributed by atoms with E-state index in [1.165, 1.54) is 49.6 Å². The van der Waals surface area contributed by atoms with Gasteiger partial charge in [0.1, 0.15) is 42.4 Å². The molecule has 1 aliphatic heterocycles. The first-order valence-electron chi connectivity index (χ1n) is 17.4. The maximum absolute atomic E-state index is 14.5. The molecule has 1 unspecified atom stereocenters. The molecule has 1 aliphatic rings. The molecule has 4 rings (SSSR count). The first-order chi connectivity index (χ1) is 25.9. The molecule has 1 fully saturated rings. The average Bonchev–Trinajstić information content (AvgIpc) is 3.62. The molecular formula is C35H45N6O12P. The summed E-state index contributed by atoms with van der Waals surface area (Å²) in [7, 11) is -3.49. The van der Waals surface area contributed by atoms with E-state index >= 15 is 0 Å². The summed E-state index contributed by atoms with van der Waals surface area (Å²) in [5.74, 6) is -2.40. The molecule has 1 saturated heterocycles. The Balaban J connectivity index is 1.76. The molecule has 54 heavy (non-hydrogen) atoms. The zero-order valence-electron chi connectivity index (χ0n) is 30.7. The highest BCUT2D eigenvalue weighted by Crippen LogP contribution is 2.47. The van der Waals surface area contributed by atoms with Gasteiger partial charge >= 0.3 is 25.7 Å². The summed E-state index contributed by atoms with van der Waals surface area (Å²) in [5.41, 5.74) is -1.98. The zero-order chi connectivity index (χ0) is 39.3. The lowest BCUT2D eigenvalue weighted by molar-refractivity contribution is -0.193. The average molecular weight is 773 g/mol. The van der Waals surface area contributed by atoms with Gasteiger partial charge in [-0.05, 0) is 31.2 Å². The van der Waals surface area contributed by atoms with Crippen molar-refractivity contribution in [2.24, 2.45) is 0 Å². The molecule has 0 radical (unpaired) electrons. The van der Waals surface area contributed by atoms with E-state index < -0.39 is 62.2 Å². The molecule has 18 nitrogen and oxygen atoms in total. The normalized spacial score (nSPS) is 17.1. The van der Waals surface area contributed by atoms with E-state index in [0.29, 0.717) is 26.1 Å². The molecule has 0 aliphatic carbocycles. The van der Waals surface area contributed by atoms with Crippen molar-refractivity contribution in [3.05, 3.63) is 54.5 Å². The number of benzene rings is 1. The summed E-state index contributed by atoms with van der Waals surface area (Å²) in [6.45, 7) is 6.05. The number of amides is 1. The third kappa shape index (κ3) is 10.6. The van der Waals surface area contributed by atoms with Crippen molar-refractivity contribution < 1.29 is 56.5 Å². The van der Waals surface area contributed by atoms with Gasteiger partial charge in [-0.2, -0.15) is 15.4 Å². The SMILES string of the molecule is CCC(=O)Nc1ncnn2c([C@H](OC(=O)CC)[C@H](OC(=O)CC)[C@@](C#N)(COP(=O)(N[C@@H](C)C(=O)OC3CCOCC3)Oc3ccccc3)OC)ccc12. The number of para-hydroxylation sites is 1. The predicted octanol–water partition coefficient (Wildman–Crippen LogP) is 4.21. The lowest BCUT2D eigenvalue weighted by Gasteiger charge is -2.37. The number of nitrogens with zero attached hydrogens (tertiary/aromatic N) is 4. The van der Waals surface area contributed by atoms with Crippen LogP contribution in [0.5, 0.6) is 5.75 Å².